The minimum atomic E-state index is -0.138. The Morgan fingerprint density at radius 1 is 1.52 bits per heavy atom. The van der Waals surface area contributed by atoms with Gasteiger partial charge in [-0.25, -0.2) is 4.79 Å². The molecule has 2 N–H and O–H groups in total. The van der Waals surface area contributed by atoms with Crippen LogP contribution in [0.25, 0.3) is 0 Å². The number of carbonyl (C=O) groups excluding carboxylic acids is 1. The van der Waals surface area contributed by atoms with Crippen molar-refractivity contribution in [3.8, 4) is 0 Å². The molecule has 1 saturated heterocycles. The van der Waals surface area contributed by atoms with E-state index < -0.39 is 0 Å². The van der Waals surface area contributed by atoms with Crippen LogP contribution in [0.2, 0.25) is 0 Å². The summed E-state index contributed by atoms with van der Waals surface area (Å²) in [5.41, 5.74) is 1.75. The quantitative estimate of drug-likeness (QED) is 0.893. The van der Waals surface area contributed by atoms with Crippen LogP contribution in [0.5, 0.6) is 0 Å². The summed E-state index contributed by atoms with van der Waals surface area (Å²) in [5, 5.41) is 16.1. The minimum Gasteiger partial charge on any atom is -0.396 e. The first kappa shape index (κ1) is 15.8. The predicted molar refractivity (Wildman–Crippen MR) is 79.0 cm³/mol. The number of aliphatic hydroxyl groups excluding tert-OH is 1. The molecule has 2 heterocycles. The Balaban J connectivity index is 2.02. The lowest BCUT2D eigenvalue weighted by Gasteiger charge is -2.36. The van der Waals surface area contributed by atoms with E-state index in [9.17, 15) is 4.79 Å². The zero-order valence-electron chi connectivity index (χ0n) is 13.1. The Kier molecular flexibility index (Phi) is 5.22. The molecule has 118 valence electrons. The van der Waals surface area contributed by atoms with Crippen LogP contribution in [0.15, 0.2) is 4.52 Å². The maximum Gasteiger partial charge on any atom is 0.318 e. The van der Waals surface area contributed by atoms with Gasteiger partial charge in [-0.15, -0.1) is 0 Å². The molecule has 2 rings (SSSR count). The normalized spacial score (nSPS) is 20.4. The summed E-state index contributed by atoms with van der Waals surface area (Å²) in [7, 11) is 0. The number of hydrogen-bond donors (Lipinski definition) is 2. The number of carbonyl (C=O) groups is 1. The topological polar surface area (TPSA) is 78.6 Å². The van der Waals surface area contributed by atoms with Crippen LogP contribution in [-0.2, 0) is 0 Å². The molecule has 1 aromatic heterocycles. The predicted octanol–water partition coefficient (Wildman–Crippen LogP) is 2.30. The van der Waals surface area contributed by atoms with E-state index in [4.69, 9.17) is 9.63 Å². The number of urea groups is 1. The first-order valence-electron chi connectivity index (χ1n) is 7.65. The molecule has 1 aromatic rings. The molecule has 1 aliphatic rings. The maximum absolute atomic E-state index is 12.5. The fraction of sp³-hybridized carbons (Fsp3) is 0.733. The van der Waals surface area contributed by atoms with Crippen LogP contribution in [0.1, 0.15) is 55.7 Å². The molecular formula is C15H25N3O3. The second-order valence-electron chi connectivity index (χ2n) is 5.76. The van der Waals surface area contributed by atoms with Crippen molar-refractivity contribution in [2.45, 2.75) is 58.5 Å². The number of amides is 2. The lowest BCUT2D eigenvalue weighted by atomic mass is 10.00. The Labute approximate surface area is 125 Å². The van der Waals surface area contributed by atoms with Gasteiger partial charge in [-0.1, -0.05) is 5.16 Å². The molecule has 0 unspecified atom stereocenters. The van der Waals surface area contributed by atoms with E-state index in [2.05, 4.69) is 10.5 Å². The van der Waals surface area contributed by atoms with Crippen molar-refractivity contribution < 1.29 is 14.4 Å². The molecule has 2 amide bonds. The monoisotopic (exact) mass is 295 g/mol. The van der Waals surface area contributed by atoms with Gasteiger partial charge in [0, 0.05) is 24.8 Å². The van der Waals surface area contributed by atoms with Gasteiger partial charge in [-0.05, 0) is 46.5 Å². The molecule has 6 nitrogen and oxygen atoms in total. The molecular weight excluding hydrogens is 270 g/mol. The van der Waals surface area contributed by atoms with E-state index >= 15 is 0 Å². The second-order valence-corrected chi connectivity index (χ2v) is 5.76. The summed E-state index contributed by atoms with van der Waals surface area (Å²) >= 11 is 0. The van der Waals surface area contributed by atoms with Gasteiger partial charge >= 0.3 is 6.03 Å². The van der Waals surface area contributed by atoms with Crippen molar-refractivity contribution in [1.29, 1.82) is 0 Å². The lowest BCUT2D eigenvalue weighted by Crippen LogP contribution is -2.49. The van der Waals surface area contributed by atoms with E-state index in [1.807, 2.05) is 25.7 Å². The molecule has 0 aromatic carbocycles. The van der Waals surface area contributed by atoms with Crippen LogP contribution in [0.3, 0.4) is 0 Å². The third-order valence-electron chi connectivity index (χ3n) is 4.21. The van der Waals surface area contributed by atoms with E-state index in [0.29, 0.717) is 6.42 Å². The van der Waals surface area contributed by atoms with E-state index in [1.54, 1.807) is 0 Å². The van der Waals surface area contributed by atoms with Gasteiger partial charge in [-0.3, -0.25) is 0 Å². The zero-order chi connectivity index (χ0) is 15.4. The van der Waals surface area contributed by atoms with E-state index in [-0.39, 0.29) is 24.7 Å². The van der Waals surface area contributed by atoms with Gasteiger partial charge in [0.1, 0.15) is 5.76 Å². The molecule has 0 radical (unpaired) electrons. The number of aryl methyl sites for hydroxylation is 2. The molecule has 0 aliphatic carbocycles. The standard InChI is InChI=1S/C15H25N3O3/c1-10(14-11(2)17-21-12(14)3)16-15(20)18-8-5-4-6-13(18)7-9-19/h10,13,19H,4-9H2,1-3H3,(H,16,20)/t10-,13+/m0/s1. The third kappa shape index (κ3) is 3.56. The first-order valence-corrected chi connectivity index (χ1v) is 7.65. The highest BCUT2D eigenvalue weighted by atomic mass is 16.5. The molecule has 6 heteroatoms. The highest BCUT2D eigenvalue weighted by molar-refractivity contribution is 5.75. The SMILES string of the molecule is Cc1noc(C)c1[C@H](C)NC(=O)N1CCCC[C@@H]1CCO. The number of hydrogen-bond acceptors (Lipinski definition) is 4. The number of aliphatic hydroxyl groups is 1. The van der Waals surface area contributed by atoms with Crippen molar-refractivity contribution in [3.63, 3.8) is 0 Å². The van der Waals surface area contributed by atoms with Crippen molar-refractivity contribution >= 4 is 6.03 Å². The van der Waals surface area contributed by atoms with Gasteiger partial charge in [0.2, 0.25) is 0 Å². The zero-order valence-corrected chi connectivity index (χ0v) is 13.1. The first-order chi connectivity index (χ1) is 10.0. The van der Waals surface area contributed by atoms with Crippen LogP contribution < -0.4 is 5.32 Å². The van der Waals surface area contributed by atoms with Crippen molar-refractivity contribution in [2.75, 3.05) is 13.2 Å². The van der Waals surface area contributed by atoms with Gasteiger partial charge < -0.3 is 19.8 Å². The number of nitrogens with one attached hydrogen (secondary N) is 1. The summed E-state index contributed by atoms with van der Waals surface area (Å²) in [6, 6.07) is -0.0679. The van der Waals surface area contributed by atoms with Crippen molar-refractivity contribution in [2.24, 2.45) is 0 Å². The maximum atomic E-state index is 12.5. The summed E-state index contributed by atoms with van der Waals surface area (Å²) < 4.78 is 5.16. The van der Waals surface area contributed by atoms with Gasteiger partial charge in [0.05, 0.1) is 11.7 Å². The summed E-state index contributed by atoms with van der Waals surface area (Å²) in [5.74, 6) is 0.742. The molecule has 21 heavy (non-hydrogen) atoms. The van der Waals surface area contributed by atoms with E-state index in [0.717, 1.165) is 42.8 Å². The van der Waals surface area contributed by atoms with Crippen molar-refractivity contribution in [1.82, 2.24) is 15.4 Å². The van der Waals surface area contributed by atoms with Gasteiger partial charge in [-0.2, -0.15) is 0 Å². The fourth-order valence-electron chi connectivity index (χ4n) is 3.17. The Bertz CT molecular complexity index is 465. The summed E-state index contributed by atoms with van der Waals surface area (Å²) in [6.45, 7) is 6.55. The number of piperidine rings is 1. The number of nitrogens with zero attached hydrogens (tertiary/aromatic N) is 2. The van der Waals surface area contributed by atoms with Crippen LogP contribution in [0.4, 0.5) is 4.79 Å². The lowest BCUT2D eigenvalue weighted by molar-refractivity contribution is 0.130. The Morgan fingerprint density at radius 3 is 2.90 bits per heavy atom. The fourth-order valence-corrected chi connectivity index (χ4v) is 3.17. The molecule has 0 spiro atoms. The highest BCUT2D eigenvalue weighted by Gasteiger charge is 2.28. The highest BCUT2D eigenvalue weighted by Crippen LogP contribution is 2.23. The second kappa shape index (κ2) is 6.93. The van der Waals surface area contributed by atoms with Crippen LogP contribution in [0, 0.1) is 13.8 Å². The van der Waals surface area contributed by atoms with Gasteiger partial charge in [0.25, 0.3) is 0 Å². The molecule has 1 fully saturated rings. The van der Waals surface area contributed by atoms with Crippen LogP contribution >= 0.6 is 0 Å². The smallest absolute Gasteiger partial charge is 0.318 e. The summed E-state index contributed by atoms with van der Waals surface area (Å²) in [6.07, 6.45) is 3.75. The summed E-state index contributed by atoms with van der Waals surface area (Å²) in [4.78, 5) is 14.3. The molecule has 0 bridgehead atoms. The van der Waals surface area contributed by atoms with Gasteiger partial charge in [0.15, 0.2) is 0 Å². The van der Waals surface area contributed by atoms with Crippen LogP contribution in [-0.4, -0.2) is 40.4 Å². The van der Waals surface area contributed by atoms with Crippen molar-refractivity contribution in [3.05, 3.63) is 17.0 Å². The Morgan fingerprint density at radius 2 is 2.29 bits per heavy atom. The molecule has 2 atom stereocenters. The number of aromatic nitrogens is 1. The number of likely N-dealkylation sites (tertiary alicyclic amines) is 1. The number of rotatable bonds is 4. The largest absolute Gasteiger partial charge is 0.396 e. The Hall–Kier alpha value is -1.56. The average molecular weight is 295 g/mol. The minimum absolute atomic E-state index is 0.0688. The molecule has 0 saturated carbocycles. The average Bonchev–Trinajstić information content (AvgIpc) is 2.79. The van der Waals surface area contributed by atoms with E-state index in [1.165, 1.54) is 0 Å². The molecule has 1 aliphatic heterocycles. The third-order valence-corrected chi connectivity index (χ3v) is 4.21.